The molecule has 1 aromatic heterocycles. The molecule has 41 valence electrons. The van der Waals surface area contributed by atoms with Gasteiger partial charge in [-0.05, 0) is 0 Å². The van der Waals surface area contributed by atoms with Crippen molar-refractivity contribution in [2.75, 3.05) is 12.4 Å². The molecule has 8 heavy (non-hydrogen) atoms. The molecule has 0 aliphatic carbocycles. The molecule has 0 aromatic carbocycles. The van der Waals surface area contributed by atoms with Crippen LogP contribution in [-0.4, -0.2) is 25.7 Å². The summed E-state index contributed by atoms with van der Waals surface area (Å²) >= 11 is 1.49. The highest BCUT2D eigenvalue weighted by molar-refractivity contribution is 7.13. The van der Waals surface area contributed by atoms with Gasteiger partial charge in [-0.15, -0.1) is 10.2 Å². The molecule has 0 aliphatic rings. The second kappa shape index (κ2) is 3.43. The first-order valence-electron chi connectivity index (χ1n) is 1.87. The summed E-state index contributed by atoms with van der Waals surface area (Å²) in [5.41, 5.74) is 1.69. The Kier molecular flexibility index (Phi) is 3.18. The number of hydrogen-bond acceptors (Lipinski definition) is 4. The first-order valence-corrected chi connectivity index (χ1v) is 2.75. The van der Waals surface area contributed by atoms with Crippen LogP contribution in [-0.2, 0) is 0 Å². The van der Waals surface area contributed by atoms with Crippen molar-refractivity contribution in [3.63, 3.8) is 0 Å². The zero-order valence-corrected chi connectivity index (χ0v) is 5.27. The van der Waals surface area contributed by atoms with E-state index in [9.17, 15) is 0 Å². The highest BCUT2D eigenvalue weighted by Crippen LogP contribution is 2.04. The van der Waals surface area contributed by atoms with Gasteiger partial charge in [0, 0.05) is 15.5 Å². The van der Waals surface area contributed by atoms with Crippen LogP contribution in [0.2, 0.25) is 0 Å². The smallest absolute Gasteiger partial charge is 0.205 e. The molecule has 0 unspecified atom stereocenters. The minimum atomic E-state index is 0. The number of rotatable bonds is 1. The monoisotopic (exact) mass is 126 g/mol. The van der Waals surface area contributed by atoms with Crippen LogP contribution in [0.25, 0.3) is 0 Å². The SMILES string of the molecule is CNc1nncs1.[B]. The Morgan fingerprint density at radius 3 is 2.75 bits per heavy atom. The Hall–Kier alpha value is -0.575. The molecule has 3 radical (unpaired) electrons. The Morgan fingerprint density at radius 1 is 1.75 bits per heavy atom. The second-order valence-corrected chi connectivity index (χ2v) is 1.83. The van der Waals surface area contributed by atoms with E-state index in [1.54, 1.807) is 5.51 Å². The zero-order valence-electron chi connectivity index (χ0n) is 4.46. The fourth-order valence-corrected chi connectivity index (χ4v) is 0.688. The quantitative estimate of drug-likeness (QED) is 0.546. The summed E-state index contributed by atoms with van der Waals surface area (Å²) in [4.78, 5) is 0. The Balaban J connectivity index is 0.000000490. The molecule has 0 amide bonds. The van der Waals surface area contributed by atoms with Crippen molar-refractivity contribution in [2.24, 2.45) is 0 Å². The molecule has 0 saturated carbocycles. The fraction of sp³-hybridized carbons (Fsp3) is 0.333. The van der Waals surface area contributed by atoms with Gasteiger partial charge in [0.05, 0.1) is 0 Å². The van der Waals surface area contributed by atoms with Gasteiger partial charge in [-0.2, -0.15) is 0 Å². The van der Waals surface area contributed by atoms with Crippen LogP contribution < -0.4 is 5.32 Å². The van der Waals surface area contributed by atoms with Gasteiger partial charge < -0.3 is 5.32 Å². The lowest BCUT2D eigenvalue weighted by molar-refractivity contribution is 1.09. The zero-order chi connectivity index (χ0) is 5.11. The van der Waals surface area contributed by atoms with Crippen molar-refractivity contribution in [1.29, 1.82) is 0 Å². The fourth-order valence-electron chi connectivity index (χ4n) is 0.282. The average molecular weight is 126 g/mol. The van der Waals surface area contributed by atoms with Gasteiger partial charge in [-0.1, -0.05) is 11.3 Å². The van der Waals surface area contributed by atoms with Gasteiger partial charge in [0.25, 0.3) is 0 Å². The van der Waals surface area contributed by atoms with Crippen molar-refractivity contribution in [2.45, 2.75) is 0 Å². The van der Waals surface area contributed by atoms with Crippen LogP contribution >= 0.6 is 11.3 Å². The van der Waals surface area contributed by atoms with Gasteiger partial charge in [0.15, 0.2) is 0 Å². The molecule has 1 N–H and O–H groups in total. The maximum atomic E-state index is 3.69. The molecular formula is C3H5BN3S. The highest BCUT2D eigenvalue weighted by Gasteiger charge is 1.84. The highest BCUT2D eigenvalue weighted by atomic mass is 32.1. The number of anilines is 1. The van der Waals surface area contributed by atoms with E-state index < -0.39 is 0 Å². The number of nitrogens with zero attached hydrogens (tertiary/aromatic N) is 2. The molecule has 1 heterocycles. The second-order valence-electron chi connectivity index (χ2n) is 0.994. The minimum absolute atomic E-state index is 0. The van der Waals surface area contributed by atoms with Gasteiger partial charge in [-0.3, -0.25) is 0 Å². The van der Waals surface area contributed by atoms with E-state index in [1.807, 2.05) is 7.05 Å². The first-order chi connectivity index (χ1) is 3.43. The molecule has 5 heteroatoms. The van der Waals surface area contributed by atoms with Crippen molar-refractivity contribution in [1.82, 2.24) is 10.2 Å². The summed E-state index contributed by atoms with van der Waals surface area (Å²) < 4.78 is 0. The van der Waals surface area contributed by atoms with Crippen molar-refractivity contribution in [3.8, 4) is 0 Å². The Morgan fingerprint density at radius 2 is 2.50 bits per heavy atom. The molecule has 1 rings (SSSR count). The van der Waals surface area contributed by atoms with Crippen molar-refractivity contribution < 1.29 is 0 Å². The third kappa shape index (κ3) is 1.50. The molecule has 0 aliphatic heterocycles. The largest absolute Gasteiger partial charge is 0.363 e. The van der Waals surface area contributed by atoms with Crippen LogP contribution in [0.15, 0.2) is 5.51 Å². The predicted molar refractivity (Wildman–Crippen MR) is 35.2 cm³/mol. The molecule has 1 aromatic rings. The topological polar surface area (TPSA) is 37.8 Å². The van der Waals surface area contributed by atoms with Crippen LogP contribution in [0.5, 0.6) is 0 Å². The number of aromatic nitrogens is 2. The maximum absolute atomic E-state index is 3.69. The summed E-state index contributed by atoms with van der Waals surface area (Å²) in [5, 5.41) is 11.0. The lowest BCUT2D eigenvalue weighted by Gasteiger charge is -1.82. The van der Waals surface area contributed by atoms with Gasteiger partial charge in [-0.25, -0.2) is 0 Å². The summed E-state index contributed by atoms with van der Waals surface area (Å²) in [5.74, 6) is 0. The Bertz CT molecular complexity index is 129. The van der Waals surface area contributed by atoms with E-state index in [0.29, 0.717) is 0 Å². The summed E-state index contributed by atoms with van der Waals surface area (Å²) in [6.45, 7) is 0. The maximum Gasteiger partial charge on any atom is 0.205 e. The van der Waals surface area contributed by atoms with E-state index in [0.717, 1.165) is 5.13 Å². The average Bonchev–Trinajstić information content (AvgIpc) is 2.14. The van der Waals surface area contributed by atoms with Crippen LogP contribution in [0, 0.1) is 0 Å². The van der Waals surface area contributed by atoms with Gasteiger partial charge >= 0.3 is 0 Å². The minimum Gasteiger partial charge on any atom is -0.363 e. The molecule has 0 atom stereocenters. The number of nitrogens with one attached hydrogen (secondary N) is 1. The summed E-state index contributed by atoms with van der Waals surface area (Å²) in [6, 6.07) is 0. The van der Waals surface area contributed by atoms with Crippen molar-refractivity contribution in [3.05, 3.63) is 5.51 Å². The standard InChI is InChI=1S/C3H5N3S.B/c1-4-3-6-5-2-7-3;/h2H,1H3,(H,4,6);. The third-order valence-corrected chi connectivity index (χ3v) is 1.28. The van der Waals surface area contributed by atoms with E-state index in [4.69, 9.17) is 0 Å². The molecule has 0 fully saturated rings. The Labute approximate surface area is 53.7 Å². The molecule has 0 bridgehead atoms. The van der Waals surface area contributed by atoms with Crippen LogP contribution in [0.4, 0.5) is 5.13 Å². The predicted octanol–water partition coefficient (Wildman–Crippen LogP) is 0.199. The van der Waals surface area contributed by atoms with Crippen LogP contribution in [0.1, 0.15) is 0 Å². The van der Waals surface area contributed by atoms with Gasteiger partial charge in [0.2, 0.25) is 5.13 Å². The molecule has 3 nitrogen and oxygen atoms in total. The lowest BCUT2D eigenvalue weighted by atomic mass is 10.8. The van der Waals surface area contributed by atoms with Crippen molar-refractivity contribution >= 4 is 24.9 Å². The van der Waals surface area contributed by atoms with Crippen LogP contribution in [0.3, 0.4) is 0 Å². The lowest BCUT2D eigenvalue weighted by Crippen LogP contribution is -1.84. The molecule has 0 saturated heterocycles. The summed E-state index contributed by atoms with van der Waals surface area (Å²) in [7, 11) is 1.82. The van der Waals surface area contributed by atoms with E-state index in [-0.39, 0.29) is 8.41 Å². The van der Waals surface area contributed by atoms with E-state index in [1.165, 1.54) is 11.3 Å². The normalized spacial score (nSPS) is 7.62. The summed E-state index contributed by atoms with van der Waals surface area (Å²) in [6.07, 6.45) is 0. The molecular weight excluding hydrogens is 121 g/mol. The first kappa shape index (κ1) is 7.42. The third-order valence-electron chi connectivity index (χ3n) is 0.574. The van der Waals surface area contributed by atoms with Gasteiger partial charge in [0.1, 0.15) is 5.51 Å². The van der Waals surface area contributed by atoms with E-state index in [2.05, 4.69) is 15.5 Å². The molecule has 0 spiro atoms. The van der Waals surface area contributed by atoms with E-state index >= 15 is 0 Å². The number of hydrogen-bond donors (Lipinski definition) is 1.